The summed E-state index contributed by atoms with van der Waals surface area (Å²) >= 11 is 1.44. The molecule has 148 valence electrons. The molecule has 0 radical (unpaired) electrons. The van der Waals surface area contributed by atoms with E-state index in [1.165, 1.54) is 16.3 Å². The third-order valence-electron chi connectivity index (χ3n) is 4.66. The van der Waals surface area contributed by atoms with Gasteiger partial charge in [0.1, 0.15) is 11.5 Å². The van der Waals surface area contributed by atoms with E-state index >= 15 is 0 Å². The normalized spacial score (nSPS) is 11.3. The first-order valence-electron chi connectivity index (χ1n) is 9.17. The van der Waals surface area contributed by atoms with Gasteiger partial charge in [-0.15, -0.1) is 10.2 Å². The number of aromatic nitrogens is 4. The number of para-hydroxylation sites is 1. The number of aryl methyl sites for hydroxylation is 1. The molecular formula is C21H20N4O3S. The molecule has 0 saturated heterocycles. The molecule has 0 amide bonds. The Kier molecular flexibility index (Phi) is 5.10. The Morgan fingerprint density at radius 3 is 2.72 bits per heavy atom. The molecule has 0 N–H and O–H groups in total. The lowest BCUT2D eigenvalue weighted by molar-refractivity contribution is -0.116. The maximum absolute atomic E-state index is 13.4. The summed E-state index contributed by atoms with van der Waals surface area (Å²) in [5, 5.41) is 9.82. The first kappa shape index (κ1) is 19.2. The number of rotatable bonds is 6. The highest BCUT2D eigenvalue weighted by Crippen LogP contribution is 2.28. The van der Waals surface area contributed by atoms with Crippen molar-refractivity contribution in [2.24, 2.45) is 0 Å². The molecule has 0 aliphatic rings. The van der Waals surface area contributed by atoms with Crippen molar-refractivity contribution in [3.8, 4) is 11.4 Å². The van der Waals surface area contributed by atoms with E-state index in [2.05, 4.69) is 10.2 Å². The zero-order valence-corrected chi connectivity index (χ0v) is 17.2. The van der Waals surface area contributed by atoms with Gasteiger partial charge in [0.2, 0.25) is 5.78 Å². The fourth-order valence-corrected chi connectivity index (χ4v) is 4.23. The molecule has 0 aliphatic carbocycles. The van der Waals surface area contributed by atoms with E-state index in [4.69, 9.17) is 4.74 Å². The van der Waals surface area contributed by atoms with Crippen LogP contribution in [0.5, 0.6) is 5.75 Å². The summed E-state index contributed by atoms with van der Waals surface area (Å²) in [6, 6.07) is 13.0. The maximum atomic E-state index is 13.4. The number of methoxy groups -OCH3 is 1. The molecule has 29 heavy (non-hydrogen) atoms. The second-order valence-corrected chi connectivity index (χ2v) is 7.81. The van der Waals surface area contributed by atoms with Gasteiger partial charge in [0.05, 0.1) is 23.7 Å². The Morgan fingerprint density at radius 1 is 1.17 bits per heavy atom. The number of hydrogen-bond donors (Lipinski definition) is 0. The van der Waals surface area contributed by atoms with Crippen LogP contribution >= 0.6 is 11.8 Å². The number of thioether (sulfide) groups is 1. The van der Waals surface area contributed by atoms with Crippen LogP contribution in [-0.2, 0) is 4.79 Å². The van der Waals surface area contributed by atoms with Gasteiger partial charge in [-0.25, -0.2) is 4.57 Å². The van der Waals surface area contributed by atoms with Crippen molar-refractivity contribution in [1.82, 2.24) is 19.2 Å². The minimum atomic E-state index is -0.190. The Balaban J connectivity index is 2.04. The number of carbonyl (C=O) groups is 1. The van der Waals surface area contributed by atoms with Gasteiger partial charge in [-0.3, -0.25) is 14.0 Å². The molecule has 2 aromatic carbocycles. The summed E-state index contributed by atoms with van der Waals surface area (Å²) < 4.78 is 8.91. The molecule has 0 unspecified atom stereocenters. The zero-order chi connectivity index (χ0) is 20.5. The Morgan fingerprint density at radius 2 is 1.97 bits per heavy atom. The summed E-state index contributed by atoms with van der Waals surface area (Å²) in [6.45, 7) is 3.53. The summed E-state index contributed by atoms with van der Waals surface area (Å²) in [6.07, 6.45) is 0.447. The van der Waals surface area contributed by atoms with Gasteiger partial charge in [0.15, 0.2) is 5.16 Å². The predicted molar refractivity (Wildman–Crippen MR) is 113 cm³/mol. The summed E-state index contributed by atoms with van der Waals surface area (Å²) in [7, 11) is 1.57. The van der Waals surface area contributed by atoms with E-state index in [0.717, 1.165) is 11.1 Å². The van der Waals surface area contributed by atoms with E-state index in [9.17, 15) is 9.59 Å². The van der Waals surface area contributed by atoms with Gasteiger partial charge in [-0.1, -0.05) is 30.0 Å². The van der Waals surface area contributed by atoms with Crippen LogP contribution in [-0.4, -0.2) is 37.8 Å². The largest absolute Gasteiger partial charge is 0.495 e. The van der Waals surface area contributed by atoms with Crippen LogP contribution in [0.1, 0.15) is 18.9 Å². The van der Waals surface area contributed by atoms with E-state index in [1.807, 2.05) is 47.7 Å². The predicted octanol–water partition coefficient (Wildman–Crippen LogP) is 3.42. The highest BCUT2D eigenvalue weighted by Gasteiger charge is 2.20. The minimum Gasteiger partial charge on any atom is -0.495 e. The molecule has 4 aromatic rings. The van der Waals surface area contributed by atoms with Crippen molar-refractivity contribution in [2.75, 3.05) is 12.9 Å². The maximum Gasteiger partial charge on any atom is 0.267 e. The van der Waals surface area contributed by atoms with Gasteiger partial charge in [-0.2, -0.15) is 0 Å². The molecular weight excluding hydrogens is 388 g/mol. The van der Waals surface area contributed by atoms with Crippen LogP contribution in [0.4, 0.5) is 0 Å². The average Bonchev–Trinajstić information content (AvgIpc) is 3.12. The van der Waals surface area contributed by atoms with Crippen molar-refractivity contribution < 1.29 is 9.53 Å². The topological polar surface area (TPSA) is 78.5 Å². The van der Waals surface area contributed by atoms with Crippen LogP contribution in [0.15, 0.2) is 52.4 Å². The molecule has 2 aromatic heterocycles. The van der Waals surface area contributed by atoms with Gasteiger partial charge >= 0.3 is 0 Å². The number of fused-ring (bicyclic) bond motifs is 3. The zero-order valence-electron chi connectivity index (χ0n) is 16.4. The Bertz CT molecular complexity index is 1290. The van der Waals surface area contributed by atoms with Gasteiger partial charge in [-0.05, 0) is 43.7 Å². The molecule has 0 aliphatic heterocycles. The van der Waals surface area contributed by atoms with Crippen LogP contribution < -0.4 is 10.3 Å². The number of Topliss-reactive ketones (excluding diaryl/α,β-unsaturated/α-hetero) is 1. The van der Waals surface area contributed by atoms with Crippen molar-refractivity contribution in [2.45, 2.75) is 25.4 Å². The monoisotopic (exact) mass is 408 g/mol. The van der Waals surface area contributed by atoms with Gasteiger partial charge < -0.3 is 4.74 Å². The molecule has 0 saturated carbocycles. The van der Waals surface area contributed by atoms with Crippen LogP contribution in [0.25, 0.3) is 22.4 Å². The van der Waals surface area contributed by atoms with E-state index < -0.39 is 0 Å². The minimum absolute atomic E-state index is 0.123. The van der Waals surface area contributed by atoms with Crippen LogP contribution in [0, 0.1) is 6.92 Å². The molecule has 0 bridgehead atoms. The number of nitrogens with zero attached hydrogens (tertiary/aromatic N) is 4. The standard InChI is InChI=1S/C21H20N4O3S/c1-13-8-9-18(28-3)17(12-13)24-19(27)15-6-4-5-7-16(15)25-20(24)22-23-21(25)29-11-10-14(2)26/h4-9,12H,10-11H2,1-3H3. The summed E-state index contributed by atoms with van der Waals surface area (Å²) in [5.74, 6) is 1.70. The van der Waals surface area contributed by atoms with Crippen LogP contribution in [0.3, 0.4) is 0 Å². The lowest BCUT2D eigenvalue weighted by Gasteiger charge is -2.14. The molecule has 2 heterocycles. The van der Waals surface area contributed by atoms with Crippen molar-refractivity contribution in [1.29, 1.82) is 0 Å². The summed E-state index contributed by atoms with van der Waals surface area (Å²) in [5.41, 5.74) is 2.14. The SMILES string of the molecule is COc1ccc(C)cc1-n1c(=O)c2ccccc2n2c(SCCC(C)=O)nnc12. The highest BCUT2D eigenvalue weighted by atomic mass is 32.2. The first-order valence-corrected chi connectivity index (χ1v) is 10.2. The Labute approximate surface area is 171 Å². The summed E-state index contributed by atoms with van der Waals surface area (Å²) in [4.78, 5) is 24.7. The molecule has 7 nitrogen and oxygen atoms in total. The number of ether oxygens (including phenoxy) is 1. The second kappa shape index (κ2) is 7.71. The number of ketones is 1. The lowest BCUT2D eigenvalue weighted by Crippen LogP contribution is -2.22. The fraction of sp³-hybridized carbons (Fsp3) is 0.238. The molecule has 8 heteroatoms. The molecule has 0 spiro atoms. The first-order chi connectivity index (χ1) is 14.0. The Hall–Kier alpha value is -3.13. The quantitative estimate of drug-likeness (QED) is 0.455. The average molecular weight is 408 g/mol. The number of hydrogen-bond acceptors (Lipinski definition) is 6. The highest BCUT2D eigenvalue weighted by molar-refractivity contribution is 7.99. The molecule has 0 fully saturated rings. The van der Waals surface area contributed by atoms with Crippen molar-refractivity contribution in [3.05, 3.63) is 58.4 Å². The lowest BCUT2D eigenvalue weighted by atomic mass is 10.2. The van der Waals surface area contributed by atoms with E-state index in [0.29, 0.717) is 39.9 Å². The van der Waals surface area contributed by atoms with Gasteiger partial charge in [0, 0.05) is 12.2 Å². The smallest absolute Gasteiger partial charge is 0.267 e. The molecule has 0 atom stereocenters. The third-order valence-corrected chi connectivity index (χ3v) is 5.59. The number of carbonyl (C=O) groups excluding carboxylic acids is 1. The van der Waals surface area contributed by atoms with Gasteiger partial charge in [0.25, 0.3) is 5.56 Å². The van der Waals surface area contributed by atoms with E-state index in [-0.39, 0.29) is 11.3 Å². The fourth-order valence-electron chi connectivity index (χ4n) is 3.25. The van der Waals surface area contributed by atoms with Crippen LogP contribution in [0.2, 0.25) is 0 Å². The second-order valence-electron chi connectivity index (χ2n) is 6.75. The third kappa shape index (κ3) is 3.40. The van der Waals surface area contributed by atoms with Crippen molar-refractivity contribution >= 4 is 34.2 Å². The van der Waals surface area contributed by atoms with Crippen molar-refractivity contribution in [3.63, 3.8) is 0 Å². The molecule has 4 rings (SSSR count). The number of benzene rings is 2. The van der Waals surface area contributed by atoms with E-state index in [1.54, 1.807) is 20.1 Å².